The fourth-order valence-corrected chi connectivity index (χ4v) is 5.01. The fourth-order valence-electron chi connectivity index (χ4n) is 3.59. The molecule has 1 aromatic carbocycles. The highest BCUT2D eigenvalue weighted by Gasteiger charge is 2.31. The van der Waals surface area contributed by atoms with Crippen LogP contribution in [0.25, 0.3) is 0 Å². The minimum Gasteiger partial charge on any atom is -0.378 e. The summed E-state index contributed by atoms with van der Waals surface area (Å²) < 4.78 is 46.0. The normalized spacial score (nSPS) is 20.6. The average molecular weight is 413 g/mol. The van der Waals surface area contributed by atoms with Crippen LogP contribution in [0.5, 0.6) is 0 Å². The predicted molar refractivity (Wildman–Crippen MR) is 110 cm³/mol. The van der Waals surface area contributed by atoms with Gasteiger partial charge in [-0.15, -0.1) is 6.58 Å². The van der Waals surface area contributed by atoms with E-state index in [1.54, 1.807) is 7.05 Å². The van der Waals surface area contributed by atoms with Gasteiger partial charge in [0.1, 0.15) is 5.82 Å². The van der Waals surface area contributed by atoms with Gasteiger partial charge < -0.3 is 9.64 Å². The summed E-state index contributed by atoms with van der Waals surface area (Å²) in [6.07, 6.45) is 7.53. The molecule has 0 spiro atoms. The molecule has 0 aliphatic heterocycles. The number of halogens is 1. The number of ether oxygens (including phenoxy) is 1. The third-order valence-corrected chi connectivity index (χ3v) is 7.30. The summed E-state index contributed by atoms with van der Waals surface area (Å²) in [6.45, 7) is 6.43. The van der Waals surface area contributed by atoms with Crippen molar-refractivity contribution < 1.29 is 17.5 Å². The molecule has 5 nitrogen and oxygen atoms in total. The molecule has 0 aromatic heterocycles. The minimum atomic E-state index is -3.60. The Hall–Kier alpha value is -1.28. The molecule has 1 aliphatic carbocycles. The number of sulfonamides is 1. The third kappa shape index (κ3) is 6.65. The van der Waals surface area contributed by atoms with Crippen LogP contribution in [0.1, 0.15) is 38.5 Å². The van der Waals surface area contributed by atoms with Gasteiger partial charge in [-0.1, -0.05) is 6.08 Å². The van der Waals surface area contributed by atoms with E-state index >= 15 is 0 Å². The first-order chi connectivity index (χ1) is 13.3. The lowest BCUT2D eigenvalue weighted by Gasteiger charge is -2.34. The monoisotopic (exact) mass is 412 g/mol. The first-order valence-electron chi connectivity index (χ1n) is 9.99. The zero-order valence-corrected chi connectivity index (χ0v) is 17.8. The Kier molecular flexibility index (Phi) is 9.08. The Morgan fingerprint density at radius 2 is 1.79 bits per heavy atom. The Morgan fingerprint density at radius 3 is 2.39 bits per heavy atom. The molecule has 158 valence electrons. The summed E-state index contributed by atoms with van der Waals surface area (Å²) in [6, 6.07) is 4.97. The van der Waals surface area contributed by atoms with Crippen LogP contribution in [0.4, 0.5) is 4.39 Å². The highest BCUT2D eigenvalue weighted by atomic mass is 32.2. The van der Waals surface area contributed by atoms with Crippen molar-refractivity contribution >= 4 is 10.0 Å². The second kappa shape index (κ2) is 11.0. The summed E-state index contributed by atoms with van der Waals surface area (Å²) >= 11 is 0. The Labute approximate surface area is 169 Å². The Balaban J connectivity index is 1.72. The number of benzene rings is 1. The summed E-state index contributed by atoms with van der Waals surface area (Å²) in [5.74, 6) is -0.438. The van der Waals surface area contributed by atoms with Crippen LogP contribution >= 0.6 is 0 Å². The maximum atomic E-state index is 13.1. The van der Waals surface area contributed by atoms with Gasteiger partial charge in [0.25, 0.3) is 0 Å². The topological polar surface area (TPSA) is 49.9 Å². The molecule has 0 bridgehead atoms. The standard InChI is InChI=1S/C21H33FN2O3S/c1-4-15-23(2)16-5-6-17-27-20-11-9-19(10-12-20)24(3)28(25,26)21-13-7-18(22)8-14-21/h4,7-8,13-14,19-20H,1,5-6,9-12,15-17H2,2-3H3. The smallest absolute Gasteiger partial charge is 0.243 e. The molecule has 1 saturated carbocycles. The molecule has 1 aliphatic rings. The lowest BCUT2D eigenvalue weighted by atomic mass is 9.93. The molecule has 0 amide bonds. The molecule has 0 N–H and O–H groups in total. The number of hydrogen-bond acceptors (Lipinski definition) is 4. The van der Waals surface area contributed by atoms with Crippen molar-refractivity contribution in [2.24, 2.45) is 0 Å². The van der Waals surface area contributed by atoms with Gasteiger partial charge in [-0.25, -0.2) is 12.8 Å². The van der Waals surface area contributed by atoms with Crippen LogP contribution in [-0.4, -0.2) is 63.6 Å². The molecule has 1 fully saturated rings. The molecule has 0 heterocycles. The second-order valence-electron chi connectivity index (χ2n) is 7.53. The van der Waals surface area contributed by atoms with Gasteiger partial charge in [-0.2, -0.15) is 4.31 Å². The first-order valence-corrected chi connectivity index (χ1v) is 11.4. The number of unbranched alkanes of at least 4 members (excludes halogenated alkanes) is 1. The summed E-state index contributed by atoms with van der Waals surface area (Å²) in [4.78, 5) is 2.37. The first kappa shape index (κ1) is 23.0. The van der Waals surface area contributed by atoms with Crippen molar-refractivity contribution in [1.82, 2.24) is 9.21 Å². The van der Waals surface area contributed by atoms with Crippen molar-refractivity contribution in [3.05, 3.63) is 42.7 Å². The van der Waals surface area contributed by atoms with Crippen LogP contribution in [0.3, 0.4) is 0 Å². The van der Waals surface area contributed by atoms with E-state index < -0.39 is 15.8 Å². The molecule has 0 radical (unpaired) electrons. The van der Waals surface area contributed by atoms with E-state index in [-0.39, 0.29) is 17.0 Å². The number of hydrogen-bond donors (Lipinski definition) is 0. The number of nitrogens with zero attached hydrogens (tertiary/aromatic N) is 2. The lowest BCUT2D eigenvalue weighted by molar-refractivity contribution is 0.0153. The lowest BCUT2D eigenvalue weighted by Crippen LogP contribution is -2.40. The van der Waals surface area contributed by atoms with E-state index in [1.165, 1.54) is 28.6 Å². The van der Waals surface area contributed by atoms with Crippen LogP contribution < -0.4 is 0 Å². The van der Waals surface area contributed by atoms with Gasteiger partial charge in [-0.05, 0) is 76.4 Å². The van der Waals surface area contributed by atoms with Gasteiger partial charge in [0.15, 0.2) is 0 Å². The number of rotatable bonds is 11. The van der Waals surface area contributed by atoms with Crippen molar-refractivity contribution in [3.63, 3.8) is 0 Å². The third-order valence-electron chi connectivity index (χ3n) is 5.38. The van der Waals surface area contributed by atoms with Gasteiger partial charge in [0.2, 0.25) is 10.0 Å². The molecule has 0 atom stereocenters. The van der Waals surface area contributed by atoms with E-state index in [0.717, 1.165) is 58.2 Å². The fraction of sp³-hybridized carbons (Fsp3) is 0.619. The van der Waals surface area contributed by atoms with Crippen molar-refractivity contribution in [1.29, 1.82) is 0 Å². The van der Waals surface area contributed by atoms with Crippen LogP contribution in [0.2, 0.25) is 0 Å². The van der Waals surface area contributed by atoms with Gasteiger partial charge in [-0.3, -0.25) is 0 Å². The van der Waals surface area contributed by atoms with Gasteiger partial charge >= 0.3 is 0 Å². The summed E-state index contributed by atoms with van der Waals surface area (Å²) in [7, 11) is 0.103. The largest absolute Gasteiger partial charge is 0.378 e. The van der Waals surface area contributed by atoms with Crippen LogP contribution in [-0.2, 0) is 14.8 Å². The van der Waals surface area contributed by atoms with E-state index in [0.29, 0.717) is 0 Å². The molecule has 28 heavy (non-hydrogen) atoms. The molecular weight excluding hydrogens is 379 g/mol. The van der Waals surface area contributed by atoms with E-state index in [2.05, 4.69) is 18.5 Å². The maximum Gasteiger partial charge on any atom is 0.243 e. The quantitative estimate of drug-likeness (QED) is 0.411. The molecular formula is C21H33FN2O3S. The van der Waals surface area contributed by atoms with E-state index in [4.69, 9.17) is 4.74 Å². The summed E-state index contributed by atoms with van der Waals surface area (Å²) in [5, 5.41) is 0. The van der Waals surface area contributed by atoms with E-state index in [9.17, 15) is 12.8 Å². The maximum absolute atomic E-state index is 13.1. The van der Waals surface area contributed by atoms with Crippen molar-refractivity contribution in [2.45, 2.75) is 55.6 Å². The van der Waals surface area contributed by atoms with Crippen molar-refractivity contribution in [2.75, 3.05) is 33.8 Å². The van der Waals surface area contributed by atoms with Gasteiger partial charge in [0.05, 0.1) is 11.0 Å². The highest BCUT2D eigenvalue weighted by molar-refractivity contribution is 7.89. The van der Waals surface area contributed by atoms with Crippen LogP contribution in [0.15, 0.2) is 41.8 Å². The Morgan fingerprint density at radius 1 is 1.14 bits per heavy atom. The van der Waals surface area contributed by atoms with E-state index in [1.807, 2.05) is 6.08 Å². The molecule has 1 aromatic rings. The van der Waals surface area contributed by atoms with Crippen LogP contribution in [0, 0.1) is 5.82 Å². The van der Waals surface area contributed by atoms with Gasteiger partial charge in [0, 0.05) is 26.2 Å². The molecule has 0 saturated heterocycles. The van der Waals surface area contributed by atoms with Crippen molar-refractivity contribution in [3.8, 4) is 0 Å². The average Bonchev–Trinajstić information content (AvgIpc) is 2.68. The number of likely N-dealkylation sites (N-methyl/N-ethyl adjacent to an activating group) is 1. The zero-order valence-electron chi connectivity index (χ0n) is 17.0. The molecule has 0 unspecified atom stereocenters. The molecule has 7 heteroatoms. The highest BCUT2D eigenvalue weighted by Crippen LogP contribution is 2.28. The second-order valence-corrected chi connectivity index (χ2v) is 9.53. The predicted octanol–water partition coefficient (Wildman–Crippen LogP) is 3.67. The summed E-state index contributed by atoms with van der Waals surface area (Å²) in [5.41, 5.74) is 0. The minimum absolute atomic E-state index is 0.0394. The Bertz CT molecular complexity index is 701. The zero-order chi connectivity index (χ0) is 20.6. The molecule has 2 rings (SSSR count). The SMILES string of the molecule is C=CCN(C)CCCCOC1CCC(N(C)S(=O)(=O)c2ccc(F)cc2)CC1.